The van der Waals surface area contributed by atoms with Gasteiger partial charge >= 0.3 is 0 Å². The minimum Gasteiger partial charge on any atom is -0.488 e. The minimum absolute atomic E-state index is 0.284. The second kappa shape index (κ2) is 4.68. The Kier molecular flexibility index (Phi) is 3.00. The zero-order valence-electron chi connectivity index (χ0n) is 10.3. The lowest BCUT2D eigenvalue weighted by Crippen LogP contribution is -2.08. The summed E-state index contributed by atoms with van der Waals surface area (Å²) < 4.78 is 10.7. The Bertz CT molecular complexity index is 649. The van der Waals surface area contributed by atoms with Gasteiger partial charge in [-0.15, -0.1) is 0 Å². The molecule has 2 heterocycles. The number of fused-ring (bicyclic) bond motifs is 1. The van der Waals surface area contributed by atoms with Crippen molar-refractivity contribution in [1.82, 2.24) is 10.1 Å². The van der Waals surface area contributed by atoms with Gasteiger partial charge in [0.1, 0.15) is 12.4 Å². The lowest BCUT2D eigenvalue weighted by atomic mass is 10.1. The molecule has 0 radical (unpaired) electrons. The van der Waals surface area contributed by atoms with E-state index in [1.54, 1.807) is 13.0 Å². The Morgan fingerprint density at radius 3 is 3.00 bits per heavy atom. The van der Waals surface area contributed by atoms with Gasteiger partial charge in [-0.05, 0) is 31.2 Å². The summed E-state index contributed by atoms with van der Waals surface area (Å²) in [5.41, 5.74) is 7.43. The zero-order valence-corrected chi connectivity index (χ0v) is 11.0. The topological polar surface area (TPSA) is 74.2 Å². The first-order chi connectivity index (χ1) is 9.13. The molecule has 0 aliphatic carbocycles. The standard InChI is InChI=1S/C13H12ClN3O2/c1-7(15)13-16-12(17-19-13)9-4-8-5-10(14)2-3-11(8)18-6-9/h2-5,7H,6,15H2,1H3/t7-/m0/s1. The molecule has 0 saturated carbocycles. The highest BCUT2D eigenvalue weighted by atomic mass is 35.5. The highest BCUT2D eigenvalue weighted by Gasteiger charge is 2.18. The summed E-state index contributed by atoms with van der Waals surface area (Å²) in [6, 6.07) is 5.19. The Labute approximate surface area is 115 Å². The maximum atomic E-state index is 5.96. The molecule has 1 atom stereocenters. The van der Waals surface area contributed by atoms with Crippen LogP contribution in [0.5, 0.6) is 5.75 Å². The normalized spacial score (nSPS) is 15.4. The van der Waals surface area contributed by atoms with Crippen molar-refractivity contribution in [3.05, 3.63) is 40.5 Å². The Morgan fingerprint density at radius 1 is 1.42 bits per heavy atom. The van der Waals surface area contributed by atoms with Crippen LogP contribution in [-0.4, -0.2) is 16.7 Å². The van der Waals surface area contributed by atoms with E-state index < -0.39 is 0 Å². The van der Waals surface area contributed by atoms with Crippen LogP contribution in [0.1, 0.15) is 30.2 Å². The van der Waals surface area contributed by atoms with Gasteiger partial charge in [0.15, 0.2) is 0 Å². The molecule has 5 nitrogen and oxygen atoms in total. The van der Waals surface area contributed by atoms with E-state index in [0.29, 0.717) is 23.3 Å². The molecule has 2 N–H and O–H groups in total. The quantitative estimate of drug-likeness (QED) is 0.913. The van der Waals surface area contributed by atoms with Crippen LogP contribution in [-0.2, 0) is 0 Å². The largest absolute Gasteiger partial charge is 0.488 e. The van der Waals surface area contributed by atoms with Crippen molar-refractivity contribution in [3.8, 4) is 5.75 Å². The van der Waals surface area contributed by atoms with Gasteiger partial charge in [-0.3, -0.25) is 0 Å². The molecule has 0 bridgehead atoms. The van der Waals surface area contributed by atoms with Gasteiger partial charge < -0.3 is 15.0 Å². The molecule has 0 amide bonds. The van der Waals surface area contributed by atoms with Gasteiger partial charge in [0.25, 0.3) is 0 Å². The molecule has 2 aromatic rings. The van der Waals surface area contributed by atoms with E-state index in [9.17, 15) is 0 Å². The number of halogens is 1. The minimum atomic E-state index is -0.284. The number of rotatable bonds is 2. The summed E-state index contributed by atoms with van der Waals surface area (Å²) in [6.07, 6.45) is 1.94. The molecule has 0 saturated heterocycles. The summed E-state index contributed by atoms with van der Waals surface area (Å²) in [6.45, 7) is 2.19. The second-order valence-electron chi connectivity index (χ2n) is 4.39. The molecule has 0 fully saturated rings. The Morgan fingerprint density at radius 2 is 2.26 bits per heavy atom. The van der Waals surface area contributed by atoms with E-state index in [1.807, 2.05) is 18.2 Å². The molecule has 1 aliphatic heterocycles. The van der Waals surface area contributed by atoms with Crippen LogP contribution in [0.15, 0.2) is 22.7 Å². The lowest BCUT2D eigenvalue weighted by Gasteiger charge is -2.16. The maximum Gasteiger partial charge on any atom is 0.243 e. The average molecular weight is 278 g/mol. The first kappa shape index (κ1) is 12.2. The summed E-state index contributed by atoms with van der Waals surface area (Å²) in [5.74, 6) is 1.70. The lowest BCUT2D eigenvalue weighted by molar-refractivity contribution is 0.353. The SMILES string of the molecule is C[C@H](N)c1nc(C2=Cc3cc(Cl)ccc3OC2)no1. The molecule has 6 heteroatoms. The van der Waals surface area contributed by atoms with Crippen molar-refractivity contribution in [2.24, 2.45) is 5.73 Å². The van der Waals surface area contributed by atoms with Crippen molar-refractivity contribution >= 4 is 23.3 Å². The van der Waals surface area contributed by atoms with Crippen LogP contribution in [0.25, 0.3) is 11.6 Å². The van der Waals surface area contributed by atoms with Gasteiger partial charge in [-0.25, -0.2) is 0 Å². The third-order valence-electron chi connectivity index (χ3n) is 2.80. The Balaban J connectivity index is 1.97. The van der Waals surface area contributed by atoms with Gasteiger partial charge in [-0.2, -0.15) is 4.98 Å². The van der Waals surface area contributed by atoms with Gasteiger partial charge in [0, 0.05) is 16.2 Å². The fourth-order valence-electron chi connectivity index (χ4n) is 1.83. The molecule has 1 aromatic heterocycles. The zero-order chi connectivity index (χ0) is 13.4. The number of nitrogens with two attached hydrogens (primary N) is 1. The van der Waals surface area contributed by atoms with E-state index in [0.717, 1.165) is 16.9 Å². The van der Waals surface area contributed by atoms with Crippen LogP contribution in [0.2, 0.25) is 5.02 Å². The van der Waals surface area contributed by atoms with Crippen LogP contribution >= 0.6 is 11.6 Å². The molecule has 1 aromatic carbocycles. The first-order valence-electron chi connectivity index (χ1n) is 5.86. The highest BCUT2D eigenvalue weighted by Crippen LogP contribution is 2.31. The summed E-state index contributed by atoms with van der Waals surface area (Å²) >= 11 is 5.96. The third-order valence-corrected chi connectivity index (χ3v) is 3.04. The van der Waals surface area contributed by atoms with Crippen LogP contribution in [0.3, 0.4) is 0 Å². The van der Waals surface area contributed by atoms with Gasteiger partial charge in [-0.1, -0.05) is 16.8 Å². The molecule has 1 aliphatic rings. The molecule has 0 spiro atoms. The summed E-state index contributed by atoms with van der Waals surface area (Å²) in [7, 11) is 0. The van der Waals surface area contributed by atoms with E-state index in [4.69, 9.17) is 26.6 Å². The van der Waals surface area contributed by atoms with Gasteiger partial charge in [0.05, 0.1) is 6.04 Å². The van der Waals surface area contributed by atoms with E-state index in [-0.39, 0.29) is 6.04 Å². The van der Waals surface area contributed by atoms with Crippen molar-refractivity contribution in [1.29, 1.82) is 0 Å². The average Bonchev–Trinajstić information content (AvgIpc) is 2.87. The van der Waals surface area contributed by atoms with Crippen LogP contribution in [0, 0.1) is 0 Å². The van der Waals surface area contributed by atoms with Crippen molar-refractivity contribution in [2.75, 3.05) is 6.61 Å². The number of hydrogen-bond acceptors (Lipinski definition) is 5. The fourth-order valence-corrected chi connectivity index (χ4v) is 2.01. The van der Waals surface area contributed by atoms with Crippen molar-refractivity contribution < 1.29 is 9.26 Å². The predicted octanol–water partition coefficient (Wildman–Crippen LogP) is 2.68. The van der Waals surface area contributed by atoms with Crippen LogP contribution in [0.4, 0.5) is 0 Å². The molecular formula is C13H12ClN3O2. The number of hydrogen-bond donors (Lipinski definition) is 1. The number of ether oxygens (including phenoxy) is 1. The predicted molar refractivity (Wildman–Crippen MR) is 71.7 cm³/mol. The Hall–Kier alpha value is -1.85. The van der Waals surface area contributed by atoms with Crippen molar-refractivity contribution in [3.63, 3.8) is 0 Å². The molecule has 19 heavy (non-hydrogen) atoms. The molecule has 3 rings (SSSR count). The maximum absolute atomic E-state index is 5.96. The number of benzene rings is 1. The smallest absolute Gasteiger partial charge is 0.243 e. The summed E-state index contributed by atoms with van der Waals surface area (Å²) in [5, 5.41) is 4.57. The molecule has 0 unspecified atom stereocenters. The number of nitrogens with zero attached hydrogens (tertiary/aromatic N) is 2. The number of aromatic nitrogens is 2. The summed E-state index contributed by atoms with van der Waals surface area (Å²) in [4.78, 5) is 4.24. The van der Waals surface area contributed by atoms with Crippen LogP contribution < -0.4 is 10.5 Å². The van der Waals surface area contributed by atoms with Gasteiger partial charge in [0.2, 0.25) is 11.7 Å². The molecule has 98 valence electrons. The highest BCUT2D eigenvalue weighted by molar-refractivity contribution is 6.30. The molecular weight excluding hydrogens is 266 g/mol. The first-order valence-corrected chi connectivity index (χ1v) is 6.24. The van der Waals surface area contributed by atoms with Crippen molar-refractivity contribution in [2.45, 2.75) is 13.0 Å². The monoisotopic (exact) mass is 277 g/mol. The van der Waals surface area contributed by atoms with E-state index >= 15 is 0 Å². The van der Waals surface area contributed by atoms with E-state index in [1.165, 1.54) is 0 Å². The third kappa shape index (κ3) is 2.34. The second-order valence-corrected chi connectivity index (χ2v) is 4.82. The fraction of sp³-hybridized carbons (Fsp3) is 0.231. The van der Waals surface area contributed by atoms with E-state index in [2.05, 4.69) is 10.1 Å².